The highest BCUT2D eigenvalue weighted by Gasteiger charge is 2.22. The molecule has 0 saturated heterocycles. The Morgan fingerprint density at radius 1 is 1.46 bits per heavy atom. The first-order valence-corrected chi connectivity index (χ1v) is 5.51. The molecule has 1 atom stereocenters. The van der Waals surface area contributed by atoms with Crippen LogP contribution in [0.2, 0.25) is 0 Å². The van der Waals surface area contributed by atoms with Crippen LogP contribution in [0.3, 0.4) is 0 Å². The fraction of sp³-hybridized carbons (Fsp3) is 0.857. The number of quaternary nitrogens is 1. The summed E-state index contributed by atoms with van der Waals surface area (Å²) in [7, 11) is -0.582. The molecule has 1 amide bonds. The van der Waals surface area contributed by atoms with Gasteiger partial charge in [-0.15, -0.1) is 0 Å². The van der Waals surface area contributed by atoms with Gasteiger partial charge in [-0.25, -0.2) is 4.79 Å². The van der Waals surface area contributed by atoms with Crippen molar-refractivity contribution in [2.24, 2.45) is 5.92 Å². The first kappa shape index (κ1) is 12.5. The molecular formula is C7H16NO4S+. The Kier molecular flexibility index (Phi) is 4.02. The molecule has 0 radical (unpaired) electrons. The van der Waals surface area contributed by atoms with Gasteiger partial charge in [-0.3, -0.25) is 9.04 Å². The van der Waals surface area contributed by atoms with Crippen LogP contribution in [0.25, 0.3) is 0 Å². The zero-order chi connectivity index (χ0) is 10.7. The van der Waals surface area contributed by atoms with Gasteiger partial charge in [0.2, 0.25) is 0 Å². The van der Waals surface area contributed by atoms with E-state index in [9.17, 15) is 13.2 Å². The summed E-state index contributed by atoms with van der Waals surface area (Å²) in [6.45, 7) is 2.07. The second-order valence-electron chi connectivity index (χ2n) is 3.92. The van der Waals surface area contributed by atoms with E-state index < -0.39 is 10.1 Å². The SMILES string of the molecule is CC(C[N+](C)(C)C=O)CS(=O)(=O)O. The molecule has 0 spiro atoms. The molecule has 78 valence electrons. The monoisotopic (exact) mass is 210 g/mol. The molecular weight excluding hydrogens is 194 g/mol. The van der Waals surface area contributed by atoms with E-state index in [-0.39, 0.29) is 16.2 Å². The van der Waals surface area contributed by atoms with E-state index in [1.807, 2.05) is 0 Å². The molecule has 0 bridgehead atoms. The van der Waals surface area contributed by atoms with Gasteiger partial charge >= 0.3 is 6.41 Å². The van der Waals surface area contributed by atoms with E-state index >= 15 is 0 Å². The van der Waals surface area contributed by atoms with Gasteiger partial charge in [0.15, 0.2) is 0 Å². The maximum atomic E-state index is 10.5. The maximum Gasteiger partial charge on any atom is 0.301 e. The highest BCUT2D eigenvalue weighted by Crippen LogP contribution is 2.05. The van der Waals surface area contributed by atoms with Crippen molar-refractivity contribution < 1.29 is 22.2 Å². The van der Waals surface area contributed by atoms with Crippen molar-refractivity contribution in [1.82, 2.24) is 0 Å². The third-order valence-corrected chi connectivity index (χ3v) is 2.55. The summed E-state index contributed by atoms with van der Waals surface area (Å²) in [5.41, 5.74) is 0. The fourth-order valence-corrected chi connectivity index (χ4v) is 2.08. The van der Waals surface area contributed by atoms with Gasteiger partial charge in [-0.2, -0.15) is 8.42 Å². The van der Waals surface area contributed by atoms with Crippen LogP contribution in [0.1, 0.15) is 6.92 Å². The van der Waals surface area contributed by atoms with E-state index in [0.717, 1.165) is 6.41 Å². The molecule has 1 unspecified atom stereocenters. The summed E-state index contributed by atoms with van der Waals surface area (Å²) in [5, 5.41) is 0. The number of nitrogens with zero attached hydrogens (tertiary/aromatic N) is 1. The second kappa shape index (κ2) is 4.17. The molecule has 1 N–H and O–H groups in total. The van der Waals surface area contributed by atoms with E-state index in [0.29, 0.717) is 6.54 Å². The van der Waals surface area contributed by atoms with Gasteiger partial charge in [0, 0.05) is 5.92 Å². The van der Waals surface area contributed by atoms with Crippen molar-refractivity contribution in [3.8, 4) is 0 Å². The summed E-state index contributed by atoms with van der Waals surface area (Å²) in [6.07, 6.45) is 0.737. The lowest BCUT2D eigenvalue weighted by atomic mass is 10.2. The number of rotatable bonds is 5. The number of hydrogen-bond donors (Lipinski definition) is 1. The first-order valence-electron chi connectivity index (χ1n) is 3.90. The summed E-state index contributed by atoms with van der Waals surface area (Å²) in [5.74, 6) is -0.544. The smallest absolute Gasteiger partial charge is 0.286 e. The van der Waals surface area contributed by atoms with Gasteiger partial charge in [-0.1, -0.05) is 6.92 Å². The van der Waals surface area contributed by atoms with Crippen molar-refractivity contribution in [1.29, 1.82) is 0 Å². The Morgan fingerprint density at radius 2 is 1.92 bits per heavy atom. The molecule has 5 nitrogen and oxygen atoms in total. The molecule has 0 fully saturated rings. The molecule has 0 aromatic heterocycles. The zero-order valence-corrected chi connectivity index (χ0v) is 8.91. The predicted octanol–water partition coefficient (Wildman–Crippen LogP) is -0.257. The average molecular weight is 210 g/mol. The van der Waals surface area contributed by atoms with Crippen LogP contribution in [-0.4, -0.2) is 50.3 Å². The minimum absolute atomic E-state index is 0.0939. The fourth-order valence-electron chi connectivity index (χ4n) is 1.26. The first-order chi connectivity index (χ1) is 5.66. The van der Waals surface area contributed by atoms with Gasteiger partial charge in [-0.05, 0) is 0 Å². The number of carbonyl (C=O) groups excluding carboxylic acids is 1. The van der Waals surface area contributed by atoms with Crippen LogP contribution in [0.4, 0.5) is 0 Å². The molecule has 0 aromatic rings. The van der Waals surface area contributed by atoms with Crippen molar-refractivity contribution in [3.05, 3.63) is 0 Å². The van der Waals surface area contributed by atoms with E-state index in [4.69, 9.17) is 4.55 Å². The number of hydrogen-bond acceptors (Lipinski definition) is 3. The Morgan fingerprint density at radius 3 is 2.23 bits per heavy atom. The van der Waals surface area contributed by atoms with Gasteiger partial charge in [0.25, 0.3) is 10.1 Å². The third-order valence-electron chi connectivity index (χ3n) is 1.56. The summed E-state index contributed by atoms with van der Waals surface area (Å²) < 4.78 is 29.6. The molecule has 0 rings (SSSR count). The maximum absolute atomic E-state index is 10.5. The van der Waals surface area contributed by atoms with Gasteiger partial charge in [0.1, 0.15) is 0 Å². The minimum atomic E-state index is -3.93. The molecule has 0 aliphatic rings. The number of carbonyl (C=O) groups is 1. The van der Waals surface area contributed by atoms with Gasteiger partial charge < -0.3 is 0 Å². The van der Waals surface area contributed by atoms with E-state index in [1.165, 1.54) is 0 Å². The molecule has 13 heavy (non-hydrogen) atoms. The van der Waals surface area contributed by atoms with Crippen molar-refractivity contribution in [2.45, 2.75) is 6.92 Å². The molecule has 0 heterocycles. The molecule has 0 aliphatic carbocycles. The van der Waals surface area contributed by atoms with E-state index in [2.05, 4.69) is 0 Å². The minimum Gasteiger partial charge on any atom is -0.286 e. The quantitative estimate of drug-likeness (QED) is 0.385. The van der Waals surface area contributed by atoms with Gasteiger partial charge in [0.05, 0.1) is 26.4 Å². The van der Waals surface area contributed by atoms with Crippen LogP contribution >= 0.6 is 0 Å². The van der Waals surface area contributed by atoms with Crippen LogP contribution in [0.15, 0.2) is 0 Å². The van der Waals surface area contributed by atoms with Crippen LogP contribution < -0.4 is 0 Å². The predicted molar refractivity (Wildman–Crippen MR) is 48.6 cm³/mol. The topological polar surface area (TPSA) is 71.4 Å². The molecule has 0 saturated carbocycles. The van der Waals surface area contributed by atoms with Crippen molar-refractivity contribution >= 4 is 16.5 Å². The van der Waals surface area contributed by atoms with Crippen molar-refractivity contribution in [3.63, 3.8) is 0 Å². The molecule has 0 aliphatic heterocycles. The highest BCUT2D eigenvalue weighted by atomic mass is 32.2. The Balaban J connectivity index is 4.17. The van der Waals surface area contributed by atoms with Crippen LogP contribution in [0.5, 0.6) is 0 Å². The number of amides is 1. The summed E-state index contributed by atoms with van der Waals surface area (Å²) >= 11 is 0. The summed E-state index contributed by atoms with van der Waals surface area (Å²) in [6, 6.07) is 0. The molecule has 6 heteroatoms. The second-order valence-corrected chi connectivity index (χ2v) is 5.42. The Labute approximate surface area is 78.7 Å². The standard InChI is InChI=1S/C7H15NO4S/c1-7(5-13(10,11)12)4-8(2,3)6-9/h6-7H,4-5H2,1-3H3/p+1. The lowest BCUT2D eigenvalue weighted by molar-refractivity contribution is -0.807. The Bertz CT molecular complexity index is 270. The van der Waals surface area contributed by atoms with Crippen LogP contribution in [-0.2, 0) is 14.9 Å². The lowest BCUT2D eigenvalue weighted by Crippen LogP contribution is -2.42. The average Bonchev–Trinajstić information content (AvgIpc) is 1.81. The normalized spacial score (nSPS) is 15.4. The zero-order valence-electron chi connectivity index (χ0n) is 8.10. The third kappa shape index (κ3) is 6.68. The largest absolute Gasteiger partial charge is 0.301 e. The van der Waals surface area contributed by atoms with Crippen LogP contribution in [0, 0.1) is 5.92 Å². The molecule has 0 aromatic carbocycles. The summed E-state index contributed by atoms with van der Waals surface area (Å²) in [4.78, 5) is 10.5. The highest BCUT2D eigenvalue weighted by molar-refractivity contribution is 7.85. The van der Waals surface area contributed by atoms with E-state index in [1.54, 1.807) is 21.0 Å². The lowest BCUT2D eigenvalue weighted by Gasteiger charge is -2.24. The Hall–Kier alpha value is -0.460. The van der Waals surface area contributed by atoms with Crippen molar-refractivity contribution in [2.75, 3.05) is 26.4 Å².